The first-order valence-corrected chi connectivity index (χ1v) is 9.29. The molecule has 3 fully saturated rings. The van der Waals surface area contributed by atoms with E-state index in [2.05, 4.69) is 10.2 Å². The number of rotatable bonds is 5. The molecule has 0 aromatic heterocycles. The highest BCUT2D eigenvalue weighted by Gasteiger charge is 2.34. The molecule has 2 bridgehead atoms. The first-order valence-electron chi connectivity index (χ1n) is 9.29. The van der Waals surface area contributed by atoms with Gasteiger partial charge in [-0.15, -0.1) is 0 Å². The van der Waals surface area contributed by atoms with E-state index in [9.17, 15) is 9.59 Å². The van der Waals surface area contributed by atoms with Crippen molar-refractivity contribution < 1.29 is 14.3 Å². The molecule has 3 heterocycles. The fraction of sp³-hybridized carbons (Fsp3) is 0.333. The van der Waals surface area contributed by atoms with Crippen molar-refractivity contribution in [2.75, 3.05) is 19.6 Å². The van der Waals surface area contributed by atoms with Crippen LogP contribution in [0.4, 0.5) is 0 Å². The van der Waals surface area contributed by atoms with Gasteiger partial charge in [0, 0.05) is 23.7 Å². The number of nitrogens with one attached hydrogen (secondary N) is 1. The summed E-state index contributed by atoms with van der Waals surface area (Å²) in [7, 11) is 0. The van der Waals surface area contributed by atoms with E-state index in [0.717, 1.165) is 19.6 Å². The predicted octanol–water partition coefficient (Wildman–Crippen LogP) is 2.40. The second-order valence-corrected chi connectivity index (χ2v) is 7.23. The number of fused-ring (bicyclic) bond motifs is 3. The Kier molecular flexibility index (Phi) is 4.81. The number of benzene rings is 2. The number of hydrogen-bond acceptors (Lipinski definition) is 4. The van der Waals surface area contributed by atoms with E-state index in [1.54, 1.807) is 48.5 Å². The van der Waals surface area contributed by atoms with Crippen molar-refractivity contribution in [3.05, 3.63) is 59.7 Å². The van der Waals surface area contributed by atoms with Crippen molar-refractivity contribution in [3.8, 4) is 11.5 Å². The zero-order valence-corrected chi connectivity index (χ0v) is 15.1. The van der Waals surface area contributed by atoms with Gasteiger partial charge in [-0.05, 0) is 80.4 Å². The van der Waals surface area contributed by atoms with Crippen LogP contribution in [0.1, 0.15) is 33.6 Å². The molecule has 1 atom stereocenters. The third kappa shape index (κ3) is 3.95. The molecule has 0 radical (unpaired) electrons. The summed E-state index contributed by atoms with van der Waals surface area (Å²) >= 11 is 0. The van der Waals surface area contributed by atoms with Crippen LogP contribution in [0.3, 0.4) is 0 Å². The maximum Gasteiger partial charge on any atom is 0.251 e. The third-order valence-corrected chi connectivity index (χ3v) is 5.46. The Bertz CT molecular complexity index is 825. The van der Waals surface area contributed by atoms with Crippen LogP contribution in [0.5, 0.6) is 11.5 Å². The van der Waals surface area contributed by atoms with Crippen LogP contribution in [0, 0.1) is 5.92 Å². The van der Waals surface area contributed by atoms with E-state index < -0.39 is 5.91 Å². The zero-order chi connectivity index (χ0) is 18.8. The van der Waals surface area contributed by atoms with Crippen molar-refractivity contribution >= 4 is 11.8 Å². The number of nitrogens with zero attached hydrogens (tertiary/aromatic N) is 1. The van der Waals surface area contributed by atoms with Gasteiger partial charge in [-0.2, -0.15) is 0 Å². The van der Waals surface area contributed by atoms with Crippen LogP contribution in [-0.2, 0) is 0 Å². The summed E-state index contributed by atoms with van der Waals surface area (Å²) < 4.78 is 5.75. The Morgan fingerprint density at radius 3 is 1.96 bits per heavy atom. The molecule has 0 spiro atoms. The number of carbonyl (C=O) groups excluding carboxylic acids is 2. The molecule has 27 heavy (non-hydrogen) atoms. The van der Waals surface area contributed by atoms with Gasteiger partial charge in [0.25, 0.3) is 5.91 Å². The van der Waals surface area contributed by atoms with Gasteiger partial charge in [0.1, 0.15) is 11.5 Å². The minimum atomic E-state index is -0.472. The highest BCUT2D eigenvalue weighted by Crippen LogP contribution is 2.28. The van der Waals surface area contributed by atoms with Gasteiger partial charge in [-0.1, -0.05) is 0 Å². The van der Waals surface area contributed by atoms with E-state index in [1.165, 1.54) is 12.8 Å². The van der Waals surface area contributed by atoms with Crippen molar-refractivity contribution in [2.45, 2.75) is 18.9 Å². The van der Waals surface area contributed by atoms with Crippen LogP contribution in [-0.4, -0.2) is 42.4 Å². The Morgan fingerprint density at radius 1 is 0.926 bits per heavy atom. The number of piperidine rings is 3. The van der Waals surface area contributed by atoms with E-state index in [1.807, 2.05) is 0 Å². The van der Waals surface area contributed by atoms with Gasteiger partial charge in [-0.25, -0.2) is 0 Å². The molecule has 2 aromatic carbocycles. The number of ether oxygens (including phenoxy) is 1. The molecule has 3 N–H and O–H groups in total. The van der Waals surface area contributed by atoms with Gasteiger partial charge in [0.15, 0.2) is 0 Å². The summed E-state index contributed by atoms with van der Waals surface area (Å²) in [4.78, 5) is 26.1. The minimum absolute atomic E-state index is 0.0360. The lowest BCUT2D eigenvalue weighted by molar-refractivity contribution is 0.0620. The summed E-state index contributed by atoms with van der Waals surface area (Å²) in [6.45, 7) is 3.27. The van der Waals surface area contributed by atoms with E-state index in [0.29, 0.717) is 28.5 Å². The van der Waals surface area contributed by atoms with Crippen molar-refractivity contribution in [2.24, 2.45) is 11.7 Å². The monoisotopic (exact) mass is 365 g/mol. The average molecular weight is 365 g/mol. The Labute approximate surface area is 158 Å². The molecule has 3 saturated heterocycles. The quantitative estimate of drug-likeness (QED) is 0.852. The standard InChI is InChI=1S/C21H23N3O3/c22-20(25)15-1-5-17(6-2-15)27-18-7-3-16(4-8-18)21(26)23-19-13-24-11-9-14(19)10-12-24/h1-8,14,19H,9-13H2,(H2,22,25)(H,23,26). The summed E-state index contributed by atoms with van der Waals surface area (Å²) in [6, 6.07) is 13.9. The van der Waals surface area contributed by atoms with Gasteiger partial charge in [0.05, 0.1) is 0 Å². The number of nitrogens with two attached hydrogens (primary N) is 1. The topological polar surface area (TPSA) is 84.7 Å². The predicted molar refractivity (Wildman–Crippen MR) is 102 cm³/mol. The molecule has 0 saturated carbocycles. The normalized spacial score (nSPS) is 23.6. The Hall–Kier alpha value is -2.86. The first kappa shape index (κ1) is 17.5. The summed E-state index contributed by atoms with van der Waals surface area (Å²) in [6.07, 6.45) is 2.35. The maximum absolute atomic E-state index is 12.5. The van der Waals surface area contributed by atoms with E-state index in [-0.39, 0.29) is 11.9 Å². The number of amides is 2. The lowest BCUT2D eigenvalue weighted by atomic mass is 9.84. The molecule has 6 heteroatoms. The number of hydrogen-bond donors (Lipinski definition) is 2. The third-order valence-electron chi connectivity index (χ3n) is 5.46. The molecule has 140 valence electrons. The molecule has 1 unspecified atom stereocenters. The summed E-state index contributed by atoms with van der Waals surface area (Å²) in [5.74, 6) is 1.32. The van der Waals surface area contributed by atoms with Crippen LogP contribution in [0.2, 0.25) is 0 Å². The van der Waals surface area contributed by atoms with Crippen LogP contribution in [0.15, 0.2) is 48.5 Å². The molecule has 6 nitrogen and oxygen atoms in total. The van der Waals surface area contributed by atoms with Crippen LogP contribution >= 0.6 is 0 Å². The van der Waals surface area contributed by atoms with Gasteiger partial charge in [0.2, 0.25) is 5.91 Å². The van der Waals surface area contributed by atoms with Crippen molar-refractivity contribution in [1.82, 2.24) is 10.2 Å². The highest BCUT2D eigenvalue weighted by molar-refractivity contribution is 5.94. The van der Waals surface area contributed by atoms with Crippen LogP contribution in [0.25, 0.3) is 0 Å². The van der Waals surface area contributed by atoms with Gasteiger partial charge < -0.3 is 20.7 Å². The molecular formula is C21H23N3O3. The number of carbonyl (C=O) groups is 2. The minimum Gasteiger partial charge on any atom is -0.457 e. The maximum atomic E-state index is 12.5. The fourth-order valence-corrected chi connectivity index (χ4v) is 3.88. The Balaban J connectivity index is 1.36. The molecule has 3 aliphatic rings. The average Bonchev–Trinajstić information content (AvgIpc) is 2.70. The lowest BCUT2D eigenvalue weighted by Crippen LogP contribution is -2.57. The fourth-order valence-electron chi connectivity index (χ4n) is 3.88. The second-order valence-electron chi connectivity index (χ2n) is 7.23. The summed E-state index contributed by atoms with van der Waals surface area (Å²) in [5, 5.41) is 3.19. The van der Waals surface area contributed by atoms with Crippen LogP contribution < -0.4 is 15.8 Å². The van der Waals surface area contributed by atoms with Gasteiger partial charge in [-0.3, -0.25) is 9.59 Å². The molecule has 2 amide bonds. The second kappa shape index (κ2) is 7.40. The van der Waals surface area contributed by atoms with Gasteiger partial charge >= 0.3 is 0 Å². The molecule has 0 aliphatic carbocycles. The molecule has 5 rings (SSSR count). The van der Waals surface area contributed by atoms with Crippen molar-refractivity contribution in [1.29, 1.82) is 0 Å². The lowest BCUT2D eigenvalue weighted by Gasteiger charge is -2.44. The first-order chi connectivity index (χ1) is 13.1. The summed E-state index contributed by atoms with van der Waals surface area (Å²) in [5.41, 5.74) is 6.29. The zero-order valence-electron chi connectivity index (χ0n) is 15.1. The largest absolute Gasteiger partial charge is 0.457 e. The van der Waals surface area contributed by atoms with Crippen molar-refractivity contribution in [3.63, 3.8) is 0 Å². The molecular weight excluding hydrogens is 342 g/mol. The Morgan fingerprint density at radius 2 is 1.48 bits per heavy atom. The molecule has 3 aliphatic heterocycles. The SMILES string of the molecule is NC(=O)c1ccc(Oc2ccc(C(=O)NC3CN4CCC3CC4)cc2)cc1. The smallest absolute Gasteiger partial charge is 0.251 e. The highest BCUT2D eigenvalue weighted by atomic mass is 16.5. The van der Waals surface area contributed by atoms with E-state index in [4.69, 9.17) is 10.5 Å². The molecule has 2 aromatic rings. The van der Waals surface area contributed by atoms with E-state index >= 15 is 0 Å². The number of primary amides is 1.